The van der Waals surface area contributed by atoms with Gasteiger partial charge in [0, 0.05) is 19.6 Å². The molecule has 0 saturated carbocycles. The van der Waals surface area contributed by atoms with Crippen LogP contribution in [0.5, 0.6) is 0 Å². The van der Waals surface area contributed by atoms with E-state index in [2.05, 4.69) is 4.90 Å². The van der Waals surface area contributed by atoms with Gasteiger partial charge in [-0.15, -0.1) is 0 Å². The van der Waals surface area contributed by atoms with Gasteiger partial charge in [0.25, 0.3) is 0 Å². The third-order valence-corrected chi connectivity index (χ3v) is 2.20. The topological polar surface area (TPSA) is 38.8 Å². The normalized spacial score (nSPS) is 18.1. The first-order valence-corrected chi connectivity index (χ1v) is 5.28. The maximum atomic E-state index is 11.2. The molecule has 1 rings (SSSR count). The van der Waals surface area contributed by atoms with E-state index >= 15 is 0 Å². The SMILES string of the molecule is CCCOC(=O)CCN1CCOCC1. The molecule has 0 aromatic rings. The monoisotopic (exact) mass is 201 g/mol. The van der Waals surface area contributed by atoms with Crippen molar-refractivity contribution in [1.29, 1.82) is 0 Å². The minimum absolute atomic E-state index is 0.0849. The van der Waals surface area contributed by atoms with Crippen molar-refractivity contribution in [1.82, 2.24) is 4.90 Å². The highest BCUT2D eigenvalue weighted by Gasteiger charge is 2.11. The van der Waals surface area contributed by atoms with Gasteiger partial charge in [-0.3, -0.25) is 9.69 Å². The number of morpholine rings is 1. The van der Waals surface area contributed by atoms with Gasteiger partial charge in [0.2, 0.25) is 0 Å². The molecule has 1 aliphatic rings. The van der Waals surface area contributed by atoms with Crippen LogP contribution < -0.4 is 0 Å². The van der Waals surface area contributed by atoms with Crippen molar-refractivity contribution < 1.29 is 14.3 Å². The second kappa shape index (κ2) is 6.79. The highest BCUT2D eigenvalue weighted by molar-refractivity contribution is 5.69. The van der Waals surface area contributed by atoms with E-state index in [9.17, 15) is 4.79 Å². The summed E-state index contributed by atoms with van der Waals surface area (Å²) in [6, 6.07) is 0. The number of carbonyl (C=O) groups excluding carboxylic acids is 1. The summed E-state index contributed by atoms with van der Waals surface area (Å²) in [5.74, 6) is -0.0849. The smallest absolute Gasteiger partial charge is 0.307 e. The molecular formula is C10H19NO3. The molecule has 4 heteroatoms. The molecule has 0 aromatic heterocycles. The number of carbonyl (C=O) groups is 1. The van der Waals surface area contributed by atoms with Gasteiger partial charge in [0.05, 0.1) is 26.2 Å². The van der Waals surface area contributed by atoms with Crippen LogP contribution in [0.25, 0.3) is 0 Å². The number of ether oxygens (including phenoxy) is 2. The summed E-state index contributed by atoms with van der Waals surface area (Å²) in [6.07, 6.45) is 1.39. The largest absolute Gasteiger partial charge is 0.466 e. The van der Waals surface area contributed by atoms with Crippen molar-refractivity contribution in [3.8, 4) is 0 Å². The first-order valence-electron chi connectivity index (χ1n) is 5.28. The molecule has 14 heavy (non-hydrogen) atoms. The molecule has 1 fully saturated rings. The summed E-state index contributed by atoms with van der Waals surface area (Å²) in [6.45, 7) is 6.76. The van der Waals surface area contributed by atoms with E-state index in [0.29, 0.717) is 13.0 Å². The number of hydrogen-bond donors (Lipinski definition) is 0. The number of nitrogens with zero attached hydrogens (tertiary/aromatic N) is 1. The minimum Gasteiger partial charge on any atom is -0.466 e. The molecule has 0 radical (unpaired) electrons. The summed E-state index contributed by atoms with van der Waals surface area (Å²) >= 11 is 0. The van der Waals surface area contributed by atoms with Crippen molar-refractivity contribution in [3.05, 3.63) is 0 Å². The Morgan fingerprint density at radius 2 is 2.14 bits per heavy atom. The molecule has 82 valence electrons. The van der Waals surface area contributed by atoms with E-state index in [-0.39, 0.29) is 5.97 Å². The van der Waals surface area contributed by atoms with Crippen LogP contribution >= 0.6 is 0 Å². The first kappa shape index (κ1) is 11.5. The molecule has 0 aliphatic carbocycles. The molecule has 0 amide bonds. The average Bonchev–Trinajstić information content (AvgIpc) is 2.25. The fourth-order valence-electron chi connectivity index (χ4n) is 1.36. The van der Waals surface area contributed by atoms with Gasteiger partial charge < -0.3 is 9.47 Å². The van der Waals surface area contributed by atoms with Crippen molar-refractivity contribution in [2.24, 2.45) is 0 Å². The van der Waals surface area contributed by atoms with Crippen LogP contribution in [0.1, 0.15) is 19.8 Å². The van der Waals surface area contributed by atoms with Gasteiger partial charge in [0.1, 0.15) is 0 Å². The van der Waals surface area contributed by atoms with Crippen LogP contribution in [0.3, 0.4) is 0 Å². The molecule has 1 saturated heterocycles. The Morgan fingerprint density at radius 1 is 1.43 bits per heavy atom. The zero-order valence-electron chi connectivity index (χ0n) is 8.83. The third-order valence-electron chi connectivity index (χ3n) is 2.20. The summed E-state index contributed by atoms with van der Waals surface area (Å²) in [4.78, 5) is 13.4. The Bertz CT molecular complexity index is 167. The quantitative estimate of drug-likeness (QED) is 0.613. The molecular weight excluding hydrogens is 182 g/mol. The Hall–Kier alpha value is -0.610. The van der Waals surface area contributed by atoms with Gasteiger partial charge in [-0.1, -0.05) is 6.92 Å². The van der Waals surface area contributed by atoms with E-state index in [4.69, 9.17) is 9.47 Å². The lowest BCUT2D eigenvalue weighted by Gasteiger charge is -2.25. The third kappa shape index (κ3) is 4.58. The first-order chi connectivity index (χ1) is 6.83. The van der Waals surface area contributed by atoms with Crippen molar-refractivity contribution >= 4 is 5.97 Å². The van der Waals surface area contributed by atoms with Gasteiger partial charge >= 0.3 is 5.97 Å². The van der Waals surface area contributed by atoms with Crippen molar-refractivity contribution in [2.45, 2.75) is 19.8 Å². The predicted molar refractivity (Wildman–Crippen MR) is 53.1 cm³/mol. The maximum absolute atomic E-state index is 11.2. The summed E-state index contributed by atoms with van der Waals surface area (Å²) in [7, 11) is 0. The van der Waals surface area contributed by atoms with Crippen LogP contribution in [0.4, 0.5) is 0 Å². The molecule has 0 bridgehead atoms. The lowest BCUT2D eigenvalue weighted by atomic mass is 10.3. The van der Waals surface area contributed by atoms with Gasteiger partial charge in [-0.25, -0.2) is 0 Å². The molecule has 0 unspecified atom stereocenters. The minimum atomic E-state index is -0.0849. The number of hydrogen-bond acceptors (Lipinski definition) is 4. The van der Waals surface area contributed by atoms with Crippen LogP contribution in [0, 0.1) is 0 Å². The Kier molecular flexibility index (Phi) is 5.56. The number of esters is 1. The Morgan fingerprint density at radius 3 is 2.79 bits per heavy atom. The van der Waals surface area contributed by atoms with E-state index in [1.807, 2.05) is 6.92 Å². The fourth-order valence-corrected chi connectivity index (χ4v) is 1.36. The van der Waals surface area contributed by atoms with Crippen molar-refractivity contribution in [2.75, 3.05) is 39.5 Å². The van der Waals surface area contributed by atoms with E-state index in [1.165, 1.54) is 0 Å². The Labute approximate surface area is 85.2 Å². The van der Waals surface area contributed by atoms with Crippen LogP contribution in [0.2, 0.25) is 0 Å². The van der Waals surface area contributed by atoms with Gasteiger partial charge in [0.15, 0.2) is 0 Å². The zero-order valence-corrected chi connectivity index (χ0v) is 8.83. The van der Waals surface area contributed by atoms with Crippen LogP contribution in [-0.4, -0.2) is 50.3 Å². The summed E-state index contributed by atoms with van der Waals surface area (Å²) < 4.78 is 10.2. The highest BCUT2D eigenvalue weighted by Crippen LogP contribution is 1.99. The second-order valence-electron chi connectivity index (χ2n) is 3.42. The number of rotatable bonds is 5. The van der Waals surface area contributed by atoms with Crippen LogP contribution in [0.15, 0.2) is 0 Å². The molecule has 0 atom stereocenters. The molecule has 1 aliphatic heterocycles. The molecule has 0 aromatic carbocycles. The highest BCUT2D eigenvalue weighted by atomic mass is 16.5. The average molecular weight is 201 g/mol. The second-order valence-corrected chi connectivity index (χ2v) is 3.42. The lowest BCUT2D eigenvalue weighted by molar-refractivity contribution is -0.144. The lowest BCUT2D eigenvalue weighted by Crippen LogP contribution is -2.37. The van der Waals surface area contributed by atoms with E-state index in [0.717, 1.165) is 39.3 Å². The van der Waals surface area contributed by atoms with Gasteiger partial charge in [-0.2, -0.15) is 0 Å². The van der Waals surface area contributed by atoms with Crippen LogP contribution in [-0.2, 0) is 14.3 Å². The van der Waals surface area contributed by atoms with E-state index in [1.54, 1.807) is 0 Å². The van der Waals surface area contributed by atoms with E-state index < -0.39 is 0 Å². The molecule has 0 N–H and O–H groups in total. The van der Waals surface area contributed by atoms with Gasteiger partial charge in [-0.05, 0) is 6.42 Å². The summed E-state index contributed by atoms with van der Waals surface area (Å²) in [5, 5.41) is 0. The molecule has 0 spiro atoms. The molecule has 1 heterocycles. The van der Waals surface area contributed by atoms with Crippen molar-refractivity contribution in [3.63, 3.8) is 0 Å². The Balaban J connectivity index is 2.03. The summed E-state index contributed by atoms with van der Waals surface area (Å²) in [5.41, 5.74) is 0. The standard InChI is InChI=1S/C10H19NO3/c1-2-7-14-10(12)3-4-11-5-8-13-9-6-11/h2-9H2,1H3. The fraction of sp³-hybridized carbons (Fsp3) is 0.900. The zero-order chi connectivity index (χ0) is 10.2. The predicted octanol–water partition coefficient (Wildman–Crippen LogP) is 0.662. The molecule has 4 nitrogen and oxygen atoms in total. The maximum Gasteiger partial charge on any atom is 0.307 e.